The van der Waals surface area contributed by atoms with Crippen LogP contribution in [0.3, 0.4) is 0 Å². The molecule has 0 radical (unpaired) electrons. The third-order valence-electron chi connectivity index (χ3n) is 2.78. The summed E-state index contributed by atoms with van der Waals surface area (Å²) in [5.74, 6) is 2.03. The maximum atomic E-state index is 6.09. The highest BCUT2D eigenvalue weighted by Crippen LogP contribution is 2.36. The largest absolute Gasteiger partial charge is 0.495 e. The summed E-state index contributed by atoms with van der Waals surface area (Å²) < 4.78 is 10.5. The lowest BCUT2D eigenvalue weighted by molar-refractivity contribution is 0.405. The van der Waals surface area contributed by atoms with Crippen molar-refractivity contribution in [3.63, 3.8) is 0 Å². The zero-order valence-corrected chi connectivity index (χ0v) is 14.5. The zero-order chi connectivity index (χ0) is 17.0. The van der Waals surface area contributed by atoms with Gasteiger partial charge in [0.1, 0.15) is 11.5 Å². The normalized spacial score (nSPS) is 11.0. The first-order valence-corrected chi connectivity index (χ1v) is 7.36. The molecule has 0 bridgehead atoms. The van der Waals surface area contributed by atoms with Crippen LogP contribution in [-0.2, 0) is 0 Å². The maximum Gasteiger partial charge on any atom is 0.249 e. The molecule has 0 aliphatic rings. The Kier molecular flexibility index (Phi) is 5.10. The minimum atomic E-state index is -0.130. The van der Waals surface area contributed by atoms with Crippen molar-refractivity contribution in [3.8, 4) is 11.5 Å². The van der Waals surface area contributed by atoms with Gasteiger partial charge in [-0.1, -0.05) is 11.6 Å². The molecular formula is C15H20ClN5O2. The van der Waals surface area contributed by atoms with Crippen molar-refractivity contribution in [2.75, 3.05) is 24.9 Å². The number of hydrogen-bond acceptors (Lipinski definition) is 7. The molecule has 7 nitrogen and oxygen atoms in total. The number of halogens is 1. The fraction of sp³-hybridized carbons (Fsp3) is 0.400. The van der Waals surface area contributed by atoms with Crippen LogP contribution in [0.15, 0.2) is 18.3 Å². The summed E-state index contributed by atoms with van der Waals surface area (Å²) in [4.78, 5) is 4.38. The molecule has 0 saturated heterocycles. The highest BCUT2D eigenvalue weighted by molar-refractivity contribution is 6.32. The maximum absolute atomic E-state index is 6.09. The number of anilines is 3. The van der Waals surface area contributed by atoms with Crippen molar-refractivity contribution in [3.05, 3.63) is 23.4 Å². The van der Waals surface area contributed by atoms with E-state index in [1.54, 1.807) is 32.5 Å². The lowest BCUT2D eigenvalue weighted by Crippen LogP contribution is -2.27. The summed E-state index contributed by atoms with van der Waals surface area (Å²) in [6, 6.07) is 3.38. The van der Waals surface area contributed by atoms with Gasteiger partial charge in [0.25, 0.3) is 0 Å². The Morgan fingerprint density at radius 1 is 1.09 bits per heavy atom. The van der Waals surface area contributed by atoms with Crippen molar-refractivity contribution in [1.29, 1.82) is 0 Å². The summed E-state index contributed by atoms with van der Waals surface area (Å²) in [5, 5.41) is 14.7. The molecule has 1 heterocycles. The van der Waals surface area contributed by atoms with Crippen LogP contribution in [0.1, 0.15) is 20.8 Å². The highest BCUT2D eigenvalue weighted by atomic mass is 35.5. The van der Waals surface area contributed by atoms with Gasteiger partial charge >= 0.3 is 0 Å². The van der Waals surface area contributed by atoms with E-state index in [9.17, 15) is 0 Å². The SMILES string of the molecule is COc1cc(Nc2nncc(NC(C)(C)C)n2)c(OC)cc1Cl. The Hall–Kier alpha value is -2.28. The molecule has 23 heavy (non-hydrogen) atoms. The number of hydrogen-bond donors (Lipinski definition) is 2. The van der Waals surface area contributed by atoms with Crippen molar-refractivity contribution in [1.82, 2.24) is 15.2 Å². The number of aromatic nitrogens is 3. The van der Waals surface area contributed by atoms with Gasteiger partial charge in [-0.3, -0.25) is 0 Å². The topological polar surface area (TPSA) is 81.2 Å². The Morgan fingerprint density at radius 3 is 2.39 bits per heavy atom. The molecule has 0 amide bonds. The summed E-state index contributed by atoms with van der Waals surface area (Å²) in [7, 11) is 3.10. The lowest BCUT2D eigenvalue weighted by atomic mass is 10.1. The molecular weight excluding hydrogens is 318 g/mol. The summed E-state index contributed by atoms with van der Waals surface area (Å²) in [6.07, 6.45) is 1.57. The van der Waals surface area contributed by atoms with Gasteiger partial charge in [-0.2, -0.15) is 10.1 Å². The van der Waals surface area contributed by atoms with Gasteiger partial charge in [-0.25, -0.2) is 0 Å². The second kappa shape index (κ2) is 6.87. The Balaban J connectivity index is 2.30. The van der Waals surface area contributed by atoms with Gasteiger partial charge in [0.2, 0.25) is 5.95 Å². The molecule has 1 aromatic carbocycles. The first kappa shape index (κ1) is 17.1. The van der Waals surface area contributed by atoms with Gasteiger partial charge in [0.05, 0.1) is 31.1 Å². The lowest BCUT2D eigenvalue weighted by Gasteiger charge is -2.21. The first-order valence-electron chi connectivity index (χ1n) is 6.99. The number of nitrogens with zero attached hydrogens (tertiary/aromatic N) is 3. The third-order valence-corrected chi connectivity index (χ3v) is 3.08. The van der Waals surface area contributed by atoms with E-state index in [0.29, 0.717) is 34.0 Å². The quantitative estimate of drug-likeness (QED) is 0.864. The molecule has 0 aliphatic carbocycles. The molecule has 124 valence electrons. The molecule has 0 atom stereocenters. The molecule has 0 saturated carbocycles. The van der Waals surface area contributed by atoms with Crippen LogP contribution in [0.25, 0.3) is 0 Å². The summed E-state index contributed by atoms with van der Waals surface area (Å²) in [6.45, 7) is 6.11. The van der Waals surface area contributed by atoms with E-state index in [1.807, 2.05) is 20.8 Å². The minimum Gasteiger partial charge on any atom is -0.495 e. The van der Waals surface area contributed by atoms with Crippen molar-refractivity contribution >= 4 is 29.1 Å². The summed E-state index contributed by atoms with van der Waals surface area (Å²) >= 11 is 6.09. The van der Waals surface area contributed by atoms with E-state index in [4.69, 9.17) is 21.1 Å². The molecule has 2 N–H and O–H groups in total. The molecule has 0 spiro atoms. The number of benzene rings is 1. The molecule has 1 aromatic heterocycles. The van der Waals surface area contributed by atoms with Crippen LogP contribution in [0.2, 0.25) is 5.02 Å². The summed E-state index contributed by atoms with van der Waals surface area (Å²) in [5.41, 5.74) is 0.498. The predicted molar refractivity (Wildman–Crippen MR) is 91.0 cm³/mol. The number of ether oxygens (including phenoxy) is 2. The van der Waals surface area contributed by atoms with Gasteiger partial charge < -0.3 is 20.1 Å². The van der Waals surface area contributed by atoms with Gasteiger partial charge in [-0.15, -0.1) is 5.10 Å². The van der Waals surface area contributed by atoms with Crippen LogP contribution in [0.5, 0.6) is 11.5 Å². The second-order valence-electron chi connectivity index (χ2n) is 5.85. The van der Waals surface area contributed by atoms with E-state index in [2.05, 4.69) is 25.8 Å². The van der Waals surface area contributed by atoms with Crippen molar-refractivity contribution in [2.24, 2.45) is 0 Å². The molecule has 2 rings (SSSR count). The molecule has 0 fully saturated rings. The highest BCUT2D eigenvalue weighted by Gasteiger charge is 2.14. The van der Waals surface area contributed by atoms with Crippen LogP contribution in [-0.4, -0.2) is 34.9 Å². The van der Waals surface area contributed by atoms with Crippen LogP contribution in [0.4, 0.5) is 17.5 Å². The molecule has 8 heteroatoms. The first-order chi connectivity index (χ1) is 10.8. The van der Waals surface area contributed by atoms with E-state index in [-0.39, 0.29) is 5.54 Å². The van der Waals surface area contributed by atoms with Crippen molar-refractivity contribution in [2.45, 2.75) is 26.3 Å². The fourth-order valence-electron chi connectivity index (χ4n) is 1.88. The van der Waals surface area contributed by atoms with Crippen LogP contribution < -0.4 is 20.1 Å². The van der Waals surface area contributed by atoms with E-state index in [1.165, 1.54) is 0 Å². The number of nitrogens with one attached hydrogen (secondary N) is 2. The third kappa shape index (κ3) is 4.59. The predicted octanol–water partition coefficient (Wildman–Crippen LogP) is 3.50. The minimum absolute atomic E-state index is 0.130. The van der Waals surface area contributed by atoms with Crippen LogP contribution in [0, 0.1) is 0 Å². The zero-order valence-electron chi connectivity index (χ0n) is 13.8. The fourth-order valence-corrected chi connectivity index (χ4v) is 2.11. The van der Waals surface area contributed by atoms with E-state index in [0.717, 1.165) is 0 Å². The average molecular weight is 338 g/mol. The molecule has 2 aromatic rings. The van der Waals surface area contributed by atoms with E-state index >= 15 is 0 Å². The second-order valence-corrected chi connectivity index (χ2v) is 6.26. The smallest absolute Gasteiger partial charge is 0.249 e. The Labute approximate surface area is 140 Å². The van der Waals surface area contributed by atoms with Gasteiger partial charge in [0.15, 0.2) is 5.82 Å². The van der Waals surface area contributed by atoms with Gasteiger partial charge in [0, 0.05) is 17.7 Å². The van der Waals surface area contributed by atoms with Crippen molar-refractivity contribution < 1.29 is 9.47 Å². The molecule has 0 aliphatic heterocycles. The average Bonchev–Trinajstić information content (AvgIpc) is 2.47. The van der Waals surface area contributed by atoms with Gasteiger partial charge in [-0.05, 0) is 20.8 Å². The number of methoxy groups -OCH3 is 2. The monoisotopic (exact) mass is 337 g/mol. The number of rotatable bonds is 5. The Bertz CT molecular complexity index is 688. The molecule has 0 unspecified atom stereocenters. The van der Waals surface area contributed by atoms with E-state index < -0.39 is 0 Å². The Morgan fingerprint density at radius 2 is 1.78 bits per heavy atom. The van der Waals surface area contributed by atoms with Crippen LogP contribution >= 0.6 is 11.6 Å². The standard InChI is InChI=1S/C15H20ClN5O2/c1-15(2,3)20-13-8-17-21-14(19-13)18-10-7-11(22-4)9(16)6-12(10)23-5/h6-8H,1-5H3,(H2,18,19,20,21).